The number of thioether (sulfide) groups is 1. The minimum atomic E-state index is -0.261. The van der Waals surface area contributed by atoms with Crippen LogP contribution in [0.15, 0.2) is 48.5 Å². The molecule has 0 heterocycles. The van der Waals surface area contributed by atoms with Gasteiger partial charge in [0.05, 0.1) is 13.7 Å². The van der Waals surface area contributed by atoms with Crippen molar-refractivity contribution in [3.63, 3.8) is 0 Å². The van der Waals surface area contributed by atoms with Crippen LogP contribution in [0.2, 0.25) is 0 Å². The minimum Gasteiger partial charge on any atom is -0.497 e. The first-order valence-electron chi connectivity index (χ1n) is 8.54. The Morgan fingerprint density at radius 2 is 1.73 bits per heavy atom. The molecule has 0 saturated heterocycles. The third-order valence-corrected chi connectivity index (χ3v) is 4.63. The zero-order chi connectivity index (χ0) is 19.2. The third-order valence-electron chi connectivity index (χ3n) is 4.06. The maximum Gasteiger partial charge on any atom is 0.282 e. The summed E-state index contributed by atoms with van der Waals surface area (Å²) in [7, 11) is 1.65. The van der Waals surface area contributed by atoms with Crippen molar-refractivity contribution in [2.45, 2.75) is 39.5 Å². The molecule has 1 amide bonds. The van der Waals surface area contributed by atoms with E-state index >= 15 is 0 Å². The Labute approximate surface area is 160 Å². The first kappa shape index (κ1) is 20.2. The predicted molar refractivity (Wildman–Crippen MR) is 108 cm³/mol. The monoisotopic (exact) mass is 373 g/mol. The van der Waals surface area contributed by atoms with Gasteiger partial charge in [-0.2, -0.15) is 0 Å². The molecule has 0 unspecified atom stereocenters. The summed E-state index contributed by atoms with van der Waals surface area (Å²) in [6.45, 7) is 7.11. The molecule has 0 spiro atoms. The number of rotatable bonds is 6. The molecule has 2 rings (SSSR count). The van der Waals surface area contributed by atoms with E-state index in [2.05, 4.69) is 0 Å². The van der Waals surface area contributed by atoms with Crippen LogP contribution in [-0.4, -0.2) is 29.0 Å². The molecule has 2 aromatic rings. The fraction of sp³-hybridized carbons (Fsp3) is 0.381. The molecule has 0 fully saturated rings. The van der Waals surface area contributed by atoms with E-state index in [0.29, 0.717) is 13.2 Å². The Balaban J connectivity index is 2.14. The number of para-hydroxylation sites is 1. The van der Waals surface area contributed by atoms with E-state index in [0.717, 1.165) is 22.6 Å². The van der Waals surface area contributed by atoms with Crippen LogP contribution < -0.4 is 9.47 Å². The van der Waals surface area contributed by atoms with E-state index in [1.165, 1.54) is 11.8 Å². The second-order valence-electron chi connectivity index (χ2n) is 6.97. The van der Waals surface area contributed by atoms with Crippen LogP contribution in [0.1, 0.15) is 31.9 Å². The van der Waals surface area contributed by atoms with Gasteiger partial charge in [-0.15, -0.1) is 0 Å². The summed E-state index contributed by atoms with van der Waals surface area (Å²) >= 11 is 1.23. The van der Waals surface area contributed by atoms with Crippen LogP contribution in [0.5, 0.6) is 11.5 Å². The van der Waals surface area contributed by atoms with Gasteiger partial charge in [-0.1, -0.05) is 42.1 Å². The number of carbonyl (C=O) groups is 1. The van der Waals surface area contributed by atoms with Crippen LogP contribution in [0.25, 0.3) is 0 Å². The summed E-state index contributed by atoms with van der Waals surface area (Å²) in [5.74, 6) is 1.62. The van der Waals surface area contributed by atoms with Gasteiger partial charge in [0, 0.05) is 11.1 Å². The highest BCUT2D eigenvalue weighted by atomic mass is 32.2. The van der Waals surface area contributed by atoms with Crippen LogP contribution in [-0.2, 0) is 13.2 Å². The average molecular weight is 374 g/mol. The van der Waals surface area contributed by atoms with E-state index in [9.17, 15) is 4.79 Å². The topological polar surface area (TPSA) is 38.8 Å². The van der Waals surface area contributed by atoms with Crippen molar-refractivity contribution in [3.05, 3.63) is 59.7 Å². The number of hydrogen-bond acceptors (Lipinski definition) is 4. The number of hydrogen-bond donors (Lipinski definition) is 0. The molecule has 5 heteroatoms. The van der Waals surface area contributed by atoms with Crippen LogP contribution in [0, 0.1) is 0 Å². The van der Waals surface area contributed by atoms with Crippen molar-refractivity contribution in [3.8, 4) is 11.5 Å². The molecule has 4 nitrogen and oxygen atoms in total. The lowest BCUT2D eigenvalue weighted by Gasteiger charge is -2.35. The Bertz CT molecular complexity index is 723. The van der Waals surface area contributed by atoms with Crippen LogP contribution >= 0.6 is 11.8 Å². The van der Waals surface area contributed by atoms with Crippen molar-refractivity contribution in [1.82, 2.24) is 4.90 Å². The molecule has 0 aliphatic heterocycles. The molecular formula is C21H27NO3S. The van der Waals surface area contributed by atoms with Gasteiger partial charge >= 0.3 is 0 Å². The summed E-state index contributed by atoms with van der Waals surface area (Å²) in [5, 5.41) is 0.0578. The SMILES string of the molecule is COc1ccc(COc2ccccc2CN(C(=O)SC)C(C)(C)C)cc1. The standard InChI is InChI=1S/C21H27NO3S/c1-21(2,3)22(20(23)26-5)14-17-8-6-7-9-19(17)25-15-16-10-12-18(24-4)13-11-16/h6-13H,14-15H2,1-5H3. The van der Waals surface area contributed by atoms with E-state index in [1.54, 1.807) is 7.11 Å². The Kier molecular flexibility index (Phi) is 6.98. The lowest BCUT2D eigenvalue weighted by Crippen LogP contribution is -2.43. The zero-order valence-corrected chi connectivity index (χ0v) is 16.9. The van der Waals surface area contributed by atoms with Crippen LogP contribution in [0.4, 0.5) is 4.79 Å². The molecule has 0 bridgehead atoms. The number of carbonyl (C=O) groups excluding carboxylic acids is 1. The van der Waals surface area contributed by atoms with Crippen molar-refractivity contribution in [1.29, 1.82) is 0 Å². The third kappa shape index (κ3) is 5.43. The van der Waals surface area contributed by atoms with Gasteiger partial charge in [-0.3, -0.25) is 4.79 Å². The summed E-state index contributed by atoms with van der Waals surface area (Å²) in [6, 6.07) is 15.7. The second kappa shape index (κ2) is 8.99. The van der Waals surface area contributed by atoms with Gasteiger partial charge in [0.2, 0.25) is 0 Å². The first-order valence-corrected chi connectivity index (χ1v) is 9.77. The van der Waals surface area contributed by atoms with Crippen molar-refractivity contribution >= 4 is 17.0 Å². The first-order chi connectivity index (χ1) is 12.3. The number of nitrogens with zero attached hydrogens (tertiary/aromatic N) is 1. The molecule has 0 radical (unpaired) electrons. The molecule has 140 valence electrons. The largest absolute Gasteiger partial charge is 0.497 e. The minimum absolute atomic E-state index is 0.0578. The fourth-order valence-electron chi connectivity index (χ4n) is 2.51. The van der Waals surface area contributed by atoms with Gasteiger partial charge in [0.15, 0.2) is 0 Å². The lowest BCUT2D eigenvalue weighted by molar-refractivity contribution is 0.160. The molecule has 0 aliphatic carbocycles. The van der Waals surface area contributed by atoms with Gasteiger partial charge in [0.25, 0.3) is 5.24 Å². The van der Waals surface area contributed by atoms with E-state index in [-0.39, 0.29) is 10.8 Å². The van der Waals surface area contributed by atoms with Gasteiger partial charge in [-0.05, 0) is 50.8 Å². The predicted octanol–water partition coefficient (Wildman–Crippen LogP) is 5.36. The van der Waals surface area contributed by atoms with E-state index in [1.807, 2.05) is 80.5 Å². The summed E-state index contributed by atoms with van der Waals surface area (Å²) < 4.78 is 11.2. The normalized spacial score (nSPS) is 11.1. The lowest BCUT2D eigenvalue weighted by atomic mass is 10.1. The highest BCUT2D eigenvalue weighted by Crippen LogP contribution is 2.27. The van der Waals surface area contributed by atoms with E-state index in [4.69, 9.17) is 9.47 Å². The number of ether oxygens (including phenoxy) is 2. The number of amides is 1. The van der Waals surface area contributed by atoms with Gasteiger partial charge in [0.1, 0.15) is 18.1 Å². The highest BCUT2D eigenvalue weighted by Gasteiger charge is 2.26. The number of methoxy groups -OCH3 is 1. The zero-order valence-electron chi connectivity index (χ0n) is 16.1. The summed E-state index contributed by atoms with van der Waals surface area (Å²) in [4.78, 5) is 14.2. The van der Waals surface area contributed by atoms with Crippen molar-refractivity contribution in [2.75, 3.05) is 13.4 Å². The Morgan fingerprint density at radius 1 is 1.08 bits per heavy atom. The molecule has 0 aliphatic rings. The summed E-state index contributed by atoms with van der Waals surface area (Å²) in [5.41, 5.74) is 1.80. The van der Waals surface area contributed by atoms with Crippen molar-refractivity contribution in [2.24, 2.45) is 0 Å². The molecule has 0 N–H and O–H groups in total. The second-order valence-corrected chi connectivity index (χ2v) is 7.73. The number of benzene rings is 2. The summed E-state index contributed by atoms with van der Waals surface area (Å²) in [6.07, 6.45) is 1.81. The molecule has 0 aromatic heterocycles. The van der Waals surface area contributed by atoms with E-state index < -0.39 is 0 Å². The molecule has 26 heavy (non-hydrogen) atoms. The van der Waals surface area contributed by atoms with Gasteiger partial charge in [-0.25, -0.2) is 0 Å². The maximum atomic E-state index is 12.4. The van der Waals surface area contributed by atoms with Crippen LogP contribution in [0.3, 0.4) is 0 Å². The maximum absolute atomic E-state index is 12.4. The quantitative estimate of drug-likeness (QED) is 0.683. The Hall–Kier alpha value is -2.14. The molecule has 0 atom stereocenters. The van der Waals surface area contributed by atoms with Crippen molar-refractivity contribution < 1.29 is 14.3 Å². The molecular weight excluding hydrogens is 346 g/mol. The smallest absolute Gasteiger partial charge is 0.282 e. The highest BCUT2D eigenvalue weighted by molar-refractivity contribution is 8.12. The average Bonchev–Trinajstić information content (AvgIpc) is 2.64. The molecule has 0 saturated carbocycles. The molecule has 2 aromatic carbocycles. The van der Waals surface area contributed by atoms with Gasteiger partial charge < -0.3 is 14.4 Å². The Morgan fingerprint density at radius 3 is 2.31 bits per heavy atom. The fourth-order valence-corrected chi connectivity index (χ4v) is 3.07.